The first-order valence-electron chi connectivity index (χ1n) is 22.6. The van der Waals surface area contributed by atoms with Gasteiger partial charge in [0, 0.05) is 6.42 Å². The maximum Gasteiger partial charge on any atom is 0.306 e. The molecule has 1 amide bonds. The van der Waals surface area contributed by atoms with Crippen molar-refractivity contribution >= 4 is 11.9 Å². The van der Waals surface area contributed by atoms with Gasteiger partial charge in [0.25, 0.3) is 0 Å². The number of hydrogen-bond donors (Lipinski definition) is 3. The molecule has 0 aliphatic carbocycles. The Morgan fingerprint density at radius 1 is 0.556 bits per heavy atom. The number of carbonyl (C=O) groups is 2. The first-order valence-corrected chi connectivity index (χ1v) is 22.6. The maximum atomic E-state index is 13.1. The number of esters is 1. The number of carbonyl (C=O) groups excluding carboxylic acids is 2. The van der Waals surface area contributed by atoms with Gasteiger partial charge in [0.2, 0.25) is 5.91 Å². The van der Waals surface area contributed by atoms with Crippen LogP contribution in [0.25, 0.3) is 0 Å². The van der Waals surface area contributed by atoms with Gasteiger partial charge in [0.05, 0.1) is 25.2 Å². The topological polar surface area (TPSA) is 95.9 Å². The van der Waals surface area contributed by atoms with Gasteiger partial charge in [-0.1, -0.05) is 210 Å². The molecule has 54 heavy (non-hydrogen) atoms. The van der Waals surface area contributed by atoms with Crippen LogP contribution >= 0.6 is 0 Å². The van der Waals surface area contributed by atoms with Crippen LogP contribution in [0.4, 0.5) is 0 Å². The number of aliphatic hydroxyl groups excluding tert-OH is 2. The van der Waals surface area contributed by atoms with Gasteiger partial charge < -0.3 is 20.3 Å². The second kappa shape index (κ2) is 41.7. The molecular weight excluding hydrogens is 671 g/mol. The molecule has 3 N–H and O–H groups in total. The predicted molar refractivity (Wildman–Crippen MR) is 232 cm³/mol. The average Bonchev–Trinajstić information content (AvgIpc) is 3.16. The molecule has 0 aliphatic heterocycles. The highest BCUT2D eigenvalue weighted by Crippen LogP contribution is 2.17. The highest BCUT2D eigenvalue weighted by Gasteiger charge is 2.24. The number of hydrogen-bond acceptors (Lipinski definition) is 5. The fraction of sp³-hybridized carbons (Fsp3) is 0.750. The Morgan fingerprint density at radius 3 is 1.50 bits per heavy atom. The molecule has 0 aromatic carbocycles. The Morgan fingerprint density at radius 2 is 1.00 bits per heavy atom. The van der Waals surface area contributed by atoms with Crippen molar-refractivity contribution in [3.63, 3.8) is 0 Å². The minimum atomic E-state index is -0.792. The van der Waals surface area contributed by atoms with Crippen molar-refractivity contribution in [1.82, 2.24) is 5.32 Å². The van der Waals surface area contributed by atoms with Gasteiger partial charge in [-0.15, -0.1) is 0 Å². The molecule has 3 atom stereocenters. The van der Waals surface area contributed by atoms with Crippen LogP contribution in [0.5, 0.6) is 0 Å². The lowest BCUT2D eigenvalue weighted by molar-refractivity contribution is -0.151. The van der Waals surface area contributed by atoms with E-state index in [9.17, 15) is 19.8 Å². The maximum absolute atomic E-state index is 13.1. The summed E-state index contributed by atoms with van der Waals surface area (Å²) in [6.07, 6.45) is 49.9. The van der Waals surface area contributed by atoms with E-state index < -0.39 is 18.2 Å². The summed E-state index contributed by atoms with van der Waals surface area (Å²) in [6, 6.07) is -0.707. The number of nitrogens with one attached hydrogen (secondary N) is 1. The van der Waals surface area contributed by atoms with Crippen molar-refractivity contribution < 1.29 is 24.5 Å². The fourth-order valence-corrected chi connectivity index (χ4v) is 6.57. The zero-order chi connectivity index (χ0) is 39.6. The normalized spacial score (nSPS) is 13.9. The van der Waals surface area contributed by atoms with E-state index in [2.05, 4.69) is 44.3 Å². The van der Waals surface area contributed by atoms with Crippen LogP contribution in [0.1, 0.15) is 207 Å². The lowest BCUT2D eigenvalue weighted by Gasteiger charge is -2.24. The highest BCUT2D eigenvalue weighted by atomic mass is 16.5. The molecule has 0 spiro atoms. The summed E-state index contributed by atoms with van der Waals surface area (Å²) < 4.78 is 5.88. The minimum Gasteiger partial charge on any atom is -0.462 e. The first-order chi connectivity index (χ1) is 26.5. The summed E-state index contributed by atoms with van der Waals surface area (Å²) in [7, 11) is 0. The zero-order valence-electron chi connectivity index (χ0n) is 35.3. The lowest BCUT2D eigenvalue weighted by atomic mass is 10.0. The third-order valence-corrected chi connectivity index (χ3v) is 9.99. The number of ether oxygens (including phenoxy) is 1. The lowest BCUT2D eigenvalue weighted by Crippen LogP contribution is -2.46. The molecule has 0 aliphatic rings. The monoisotopic (exact) mass is 756 g/mol. The van der Waals surface area contributed by atoms with Gasteiger partial charge in [-0.05, 0) is 44.9 Å². The summed E-state index contributed by atoms with van der Waals surface area (Å²) in [5.74, 6) is -0.526. The second-order valence-corrected chi connectivity index (χ2v) is 15.2. The van der Waals surface area contributed by atoms with Crippen LogP contribution in [0.15, 0.2) is 60.8 Å². The van der Waals surface area contributed by atoms with E-state index in [0.29, 0.717) is 19.3 Å². The van der Waals surface area contributed by atoms with Crippen molar-refractivity contribution in [3.05, 3.63) is 60.8 Å². The molecule has 6 heteroatoms. The van der Waals surface area contributed by atoms with Gasteiger partial charge >= 0.3 is 5.97 Å². The van der Waals surface area contributed by atoms with Crippen molar-refractivity contribution in [3.8, 4) is 0 Å². The Labute approximate surface area is 333 Å². The molecule has 312 valence electrons. The molecule has 6 nitrogen and oxygen atoms in total. The Bertz CT molecular complexity index is 984. The first kappa shape index (κ1) is 51.6. The Kier molecular flexibility index (Phi) is 39.8. The largest absolute Gasteiger partial charge is 0.462 e. The average molecular weight is 756 g/mol. The molecule has 0 bridgehead atoms. The smallest absolute Gasteiger partial charge is 0.306 e. The van der Waals surface area contributed by atoms with Crippen molar-refractivity contribution in [2.24, 2.45) is 0 Å². The number of aliphatic hydroxyl groups is 2. The van der Waals surface area contributed by atoms with Gasteiger partial charge in [-0.3, -0.25) is 9.59 Å². The molecule has 3 unspecified atom stereocenters. The summed E-state index contributed by atoms with van der Waals surface area (Å²) >= 11 is 0. The molecule has 0 radical (unpaired) electrons. The van der Waals surface area contributed by atoms with E-state index in [1.165, 1.54) is 89.9 Å². The fourth-order valence-electron chi connectivity index (χ4n) is 6.57. The van der Waals surface area contributed by atoms with Crippen molar-refractivity contribution in [2.45, 2.75) is 225 Å². The number of rotatable bonds is 39. The van der Waals surface area contributed by atoms with Crippen LogP contribution in [0.3, 0.4) is 0 Å². The van der Waals surface area contributed by atoms with E-state index >= 15 is 0 Å². The quantitative estimate of drug-likeness (QED) is 0.0330. The predicted octanol–water partition coefficient (Wildman–Crippen LogP) is 12.9. The third-order valence-electron chi connectivity index (χ3n) is 9.99. The molecular formula is C48H85NO5. The second-order valence-electron chi connectivity index (χ2n) is 15.2. The minimum absolute atomic E-state index is 0.0600. The SMILES string of the molecule is CC/C=C/C=C/C=C\C=C/C=C/CCCCCC(=O)OC(CCCCCCCCCCCCC)CC(=O)NC(CO)C(O)CCCCCCCCCCC. The molecule has 0 aromatic rings. The van der Waals surface area contributed by atoms with E-state index in [4.69, 9.17) is 4.74 Å². The molecule has 0 saturated carbocycles. The van der Waals surface area contributed by atoms with Crippen LogP contribution in [-0.4, -0.2) is 46.9 Å². The van der Waals surface area contributed by atoms with Crippen molar-refractivity contribution in [2.75, 3.05) is 6.61 Å². The Hall–Kier alpha value is -2.44. The molecule has 0 heterocycles. The van der Waals surface area contributed by atoms with Crippen LogP contribution < -0.4 is 5.32 Å². The van der Waals surface area contributed by atoms with Crippen LogP contribution in [0, 0.1) is 0 Å². The standard InChI is InChI=1S/C48H85NO5/c1-4-7-10-13-16-19-21-22-23-24-26-29-32-35-38-41-48(53)54-44(39-36-33-30-28-25-20-17-14-11-8-5-2)42-47(52)49-45(43-50)46(51)40-37-34-31-27-18-15-12-9-6-3/h7,10,13,16,19,21-24,26,44-46,50-51H,4-6,8-9,11-12,14-15,17-18,20,25,27-43H2,1-3H3,(H,49,52)/b10-7+,16-13+,21-19-,23-22-,26-24+. The van der Waals surface area contributed by atoms with Crippen LogP contribution in [-0.2, 0) is 14.3 Å². The zero-order valence-corrected chi connectivity index (χ0v) is 35.3. The Balaban J connectivity index is 4.67. The van der Waals surface area contributed by atoms with E-state index in [1.54, 1.807) is 0 Å². The van der Waals surface area contributed by atoms with E-state index in [-0.39, 0.29) is 24.9 Å². The van der Waals surface area contributed by atoms with Crippen molar-refractivity contribution in [1.29, 1.82) is 0 Å². The van der Waals surface area contributed by atoms with Gasteiger partial charge in [-0.2, -0.15) is 0 Å². The summed E-state index contributed by atoms with van der Waals surface area (Å²) in [6.45, 7) is 6.29. The van der Waals surface area contributed by atoms with Gasteiger partial charge in [0.15, 0.2) is 0 Å². The van der Waals surface area contributed by atoms with Gasteiger partial charge in [-0.25, -0.2) is 0 Å². The molecule has 0 saturated heterocycles. The summed E-state index contributed by atoms with van der Waals surface area (Å²) in [5, 5.41) is 23.6. The van der Waals surface area contributed by atoms with Crippen LogP contribution in [0.2, 0.25) is 0 Å². The summed E-state index contributed by atoms with van der Waals surface area (Å²) in [5.41, 5.74) is 0. The number of amides is 1. The highest BCUT2D eigenvalue weighted by molar-refractivity contribution is 5.77. The molecule has 0 fully saturated rings. The summed E-state index contributed by atoms with van der Waals surface area (Å²) in [4.78, 5) is 25.9. The van der Waals surface area contributed by atoms with Gasteiger partial charge in [0.1, 0.15) is 6.10 Å². The number of allylic oxidation sites excluding steroid dienone is 10. The van der Waals surface area contributed by atoms with E-state index in [0.717, 1.165) is 70.6 Å². The molecule has 0 aromatic heterocycles. The third kappa shape index (κ3) is 36.5. The molecule has 0 rings (SSSR count). The van der Waals surface area contributed by atoms with E-state index in [1.807, 2.05) is 42.5 Å². The number of unbranched alkanes of at least 4 members (excludes halogenated alkanes) is 21.